The van der Waals surface area contributed by atoms with Crippen LogP contribution in [0.3, 0.4) is 0 Å². The summed E-state index contributed by atoms with van der Waals surface area (Å²) in [5, 5.41) is 6.20. The second-order valence-corrected chi connectivity index (χ2v) is 6.14. The highest BCUT2D eigenvalue weighted by atomic mass is 35.5. The molecule has 0 bridgehead atoms. The fourth-order valence-corrected chi connectivity index (χ4v) is 3.25. The third-order valence-corrected chi connectivity index (χ3v) is 4.39. The summed E-state index contributed by atoms with van der Waals surface area (Å²) in [7, 11) is 0. The normalized spacial score (nSPS) is 16.6. The van der Waals surface area contributed by atoms with E-state index in [1.54, 1.807) is 6.20 Å². The number of urea groups is 1. The number of para-hydroxylation sites is 1. The van der Waals surface area contributed by atoms with Crippen LogP contribution in [0.5, 0.6) is 0 Å². The topological polar surface area (TPSA) is 66.9 Å². The van der Waals surface area contributed by atoms with Crippen LogP contribution in [-0.2, 0) is 5.54 Å². The molecule has 0 spiro atoms. The van der Waals surface area contributed by atoms with Crippen LogP contribution in [0.1, 0.15) is 37.8 Å². The fourth-order valence-electron chi connectivity index (χ4n) is 3.10. The lowest BCUT2D eigenvalue weighted by molar-refractivity contribution is 0.209. The van der Waals surface area contributed by atoms with Crippen molar-refractivity contribution in [3.63, 3.8) is 0 Å². The van der Waals surface area contributed by atoms with E-state index in [-0.39, 0.29) is 11.3 Å². The van der Waals surface area contributed by atoms with Gasteiger partial charge in [0.1, 0.15) is 0 Å². The maximum atomic E-state index is 12.4. The number of carbonyl (C=O) groups excluding carboxylic acids is 1. The Morgan fingerprint density at radius 1 is 1.09 bits per heavy atom. The van der Waals surface area contributed by atoms with Crippen LogP contribution in [0.2, 0.25) is 5.28 Å². The molecule has 1 saturated carbocycles. The molecule has 2 amide bonds. The third kappa shape index (κ3) is 3.79. The van der Waals surface area contributed by atoms with Crippen molar-refractivity contribution in [2.24, 2.45) is 0 Å². The van der Waals surface area contributed by atoms with E-state index < -0.39 is 5.54 Å². The molecule has 1 aromatic heterocycles. The Balaban J connectivity index is 1.80. The molecule has 1 heterocycles. The zero-order chi connectivity index (χ0) is 16.1. The summed E-state index contributed by atoms with van der Waals surface area (Å²) < 4.78 is 0. The fraction of sp³-hybridized carbons (Fsp3) is 0.353. The van der Waals surface area contributed by atoms with E-state index >= 15 is 0 Å². The first kappa shape index (κ1) is 15.7. The predicted molar refractivity (Wildman–Crippen MR) is 90.4 cm³/mol. The highest BCUT2D eigenvalue weighted by molar-refractivity contribution is 6.28. The van der Waals surface area contributed by atoms with Crippen molar-refractivity contribution < 1.29 is 4.79 Å². The number of hydrogen-bond donors (Lipinski definition) is 2. The summed E-state index contributed by atoms with van der Waals surface area (Å²) in [6.07, 6.45) is 6.60. The van der Waals surface area contributed by atoms with Gasteiger partial charge in [0.2, 0.25) is 5.28 Å². The number of halogens is 1. The lowest BCUT2D eigenvalue weighted by Crippen LogP contribution is -2.49. The van der Waals surface area contributed by atoms with Crippen molar-refractivity contribution in [2.45, 2.75) is 37.6 Å². The average Bonchev–Trinajstić information content (AvgIpc) is 2.56. The monoisotopic (exact) mass is 330 g/mol. The lowest BCUT2D eigenvalue weighted by atomic mass is 9.79. The first-order chi connectivity index (χ1) is 11.2. The van der Waals surface area contributed by atoms with Crippen molar-refractivity contribution in [3.05, 3.63) is 53.6 Å². The summed E-state index contributed by atoms with van der Waals surface area (Å²) in [5.74, 6) is 0. The largest absolute Gasteiger partial charge is 0.327 e. The standard InChI is InChI=1S/C17H19ClN4O/c18-15-19-12-9-14(21-15)17(10-5-2-6-11-17)22-16(23)20-13-7-3-1-4-8-13/h1,3-4,7-9,12H,2,5-6,10-11H2,(H2,20,22,23). The molecule has 0 unspecified atom stereocenters. The van der Waals surface area contributed by atoms with E-state index in [4.69, 9.17) is 11.6 Å². The molecule has 1 aliphatic rings. The van der Waals surface area contributed by atoms with Gasteiger partial charge in [-0.15, -0.1) is 0 Å². The van der Waals surface area contributed by atoms with Crippen LogP contribution in [0.4, 0.5) is 10.5 Å². The maximum Gasteiger partial charge on any atom is 0.319 e. The number of carbonyl (C=O) groups is 1. The van der Waals surface area contributed by atoms with Crippen LogP contribution in [0, 0.1) is 0 Å². The van der Waals surface area contributed by atoms with Crippen molar-refractivity contribution >= 4 is 23.3 Å². The number of amides is 2. The number of benzene rings is 1. The van der Waals surface area contributed by atoms with E-state index in [1.807, 2.05) is 36.4 Å². The van der Waals surface area contributed by atoms with Gasteiger partial charge in [0.25, 0.3) is 0 Å². The second kappa shape index (κ2) is 6.96. The molecule has 5 nitrogen and oxygen atoms in total. The number of hydrogen-bond acceptors (Lipinski definition) is 3. The Morgan fingerprint density at radius 2 is 1.83 bits per heavy atom. The first-order valence-electron chi connectivity index (χ1n) is 7.81. The highest BCUT2D eigenvalue weighted by Crippen LogP contribution is 2.36. The molecule has 0 atom stereocenters. The first-order valence-corrected chi connectivity index (χ1v) is 8.19. The molecule has 0 saturated heterocycles. The molecule has 2 aromatic rings. The Kier molecular flexibility index (Phi) is 4.76. The van der Waals surface area contributed by atoms with Crippen LogP contribution in [0.15, 0.2) is 42.6 Å². The molecular weight excluding hydrogens is 312 g/mol. The van der Waals surface area contributed by atoms with Crippen molar-refractivity contribution in [1.82, 2.24) is 15.3 Å². The van der Waals surface area contributed by atoms with Gasteiger partial charge in [0, 0.05) is 11.9 Å². The summed E-state index contributed by atoms with van der Waals surface area (Å²) in [6, 6.07) is 11.0. The van der Waals surface area contributed by atoms with Gasteiger partial charge in [0.05, 0.1) is 11.2 Å². The van der Waals surface area contributed by atoms with Gasteiger partial charge in [-0.1, -0.05) is 37.5 Å². The van der Waals surface area contributed by atoms with Crippen LogP contribution >= 0.6 is 11.6 Å². The van der Waals surface area contributed by atoms with E-state index in [9.17, 15) is 4.79 Å². The maximum absolute atomic E-state index is 12.4. The van der Waals surface area contributed by atoms with E-state index in [2.05, 4.69) is 20.6 Å². The Hall–Kier alpha value is -2.14. The molecule has 23 heavy (non-hydrogen) atoms. The molecule has 1 aromatic carbocycles. The van der Waals surface area contributed by atoms with Gasteiger partial charge in [-0.05, 0) is 42.6 Å². The quantitative estimate of drug-likeness (QED) is 0.832. The van der Waals surface area contributed by atoms with Crippen LogP contribution in [-0.4, -0.2) is 16.0 Å². The molecule has 3 rings (SSSR count). The third-order valence-electron chi connectivity index (χ3n) is 4.21. The smallest absolute Gasteiger partial charge is 0.319 e. The minimum atomic E-state index is -0.482. The van der Waals surface area contributed by atoms with E-state index in [0.717, 1.165) is 37.1 Å². The zero-order valence-electron chi connectivity index (χ0n) is 12.8. The molecular formula is C17H19ClN4O. The van der Waals surface area contributed by atoms with Gasteiger partial charge in [-0.25, -0.2) is 14.8 Å². The minimum absolute atomic E-state index is 0.206. The molecule has 0 radical (unpaired) electrons. The molecule has 1 fully saturated rings. The summed E-state index contributed by atoms with van der Waals surface area (Å²) in [5.41, 5.74) is 1.06. The van der Waals surface area contributed by atoms with Gasteiger partial charge >= 0.3 is 6.03 Å². The van der Waals surface area contributed by atoms with Crippen molar-refractivity contribution in [1.29, 1.82) is 0 Å². The number of aromatic nitrogens is 2. The summed E-state index contributed by atoms with van der Waals surface area (Å²) in [4.78, 5) is 20.7. The molecule has 120 valence electrons. The van der Waals surface area contributed by atoms with Gasteiger partial charge in [-0.2, -0.15) is 0 Å². The predicted octanol–water partition coefficient (Wildman–Crippen LogP) is 4.11. The van der Waals surface area contributed by atoms with Gasteiger partial charge in [-0.3, -0.25) is 0 Å². The molecule has 6 heteroatoms. The molecule has 2 N–H and O–H groups in total. The summed E-state index contributed by atoms with van der Waals surface area (Å²) >= 11 is 5.94. The molecule has 0 aliphatic heterocycles. The van der Waals surface area contributed by atoms with E-state index in [0.29, 0.717) is 0 Å². The highest BCUT2D eigenvalue weighted by Gasteiger charge is 2.37. The van der Waals surface area contributed by atoms with Crippen LogP contribution < -0.4 is 10.6 Å². The number of nitrogens with zero attached hydrogens (tertiary/aromatic N) is 2. The Morgan fingerprint density at radius 3 is 2.52 bits per heavy atom. The number of rotatable bonds is 3. The zero-order valence-corrected chi connectivity index (χ0v) is 13.5. The van der Waals surface area contributed by atoms with Gasteiger partial charge in [0.15, 0.2) is 0 Å². The SMILES string of the molecule is O=C(Nc1ccccc1)NC1(c2ccnc(Cl)n2)CCCCC1. The molecule has 1 aliphatic carbocycles. The summed E-state index contributed by atoms with van der Waals surface area (Å²) in [6.45, 7) is 0. The number of nitrogens with one attached hydrogen (secondary N) is 2. The average molecular weight is 331 g/mol. The Labute approximate surface area is 140 Å². The number of anilines is 1. The van der Waals surface area contributed by atoms with Crippen LogP contribution in [0.25, 0.3) is 0 Å². The van der Waals surface area contributed by atoms with Crippen molar-refractivity contribution in [2.75, 3.05) is 5.32 Å². The minimum Gasteiger partial charge on any atom is -0.327 e. The van der Waals surface area contributed by atoms with E-state index in [1.165, 1.54) is 6.42 Å². The van der Waals surface area contributed by atoms with Gasteiger partial charge < -0.3 is 10.6 Å². The van der Waals surface area contributed by atoms with Crippen molar-refractivity contribution in [3.8, 4) is 0 Å². The Bertz CT molecular complexity index is 671. The lowest BCUT2D eigenvalue weighted by Gasteiger charge is -2.37. The second-order valence-electron chi connectivity index (χ2n) is 5.80.